The number of hydrogen-bond acceptors (Lipinski definition) is 5. The van der Waals surface area contributed by atoms with E-state index in [2.05, 4.69) is 57.9 Å². The van der Waals surface area contributed by atoms with Crippen molar-refractivity contribution in [2.75, 3.05) is 6.54 Å². The number of rotatable bonds is 3. The lowest BCUT2D eigenvalue weighted by atomic mass is 9.63. The molecule has 0 bridgehead atoms. The Kier molecular flexibility index (Phi) is 3.95. The quantitative estimate of drug-likeness (QED) is 0.818. The van der Waals surface area contributed by atoms with Crippen LogP contribution in [0.2, 0.25) is 0 Å². The first-order valence-corrected chi connectivity index (χ1v) is 10.6. The summed E-state index contributed by atoms with van der Waals surface area (Å²) in [7, 11) is 1.97. The predicted octanol–water partition coefficient (Wildman–Crippen LogP) is 4.58. The molecule has 6 nitrogen and oxygen atoms in total. The molecular weight excluding hydrogens is 374 g/mol. The number of hydrogen-bond donors (Lipinski definition) is 1. The first-order valence-electron chi connectivity index (χ1n) is 10.6. The van der Waals surface area contributed by atoms with Crippen LogP contribution in [0.5, 0.6) is 0 Å². The van der Waals surface area contributed by atoms with E-state index in [0.29, 0.717) is 13.0 Å². The van der Waals surface area contributed by atoms with Crippen molar-refractivity contribution in [3.63, 3.8) is 0 Å². The molecule has 1 aromatic heterocycles. The third kappa shape index (κ3) is 2.42. The zero-order chi connectivity index (χ0) is 21.3. The van der Waals surface area contributed by atoms with E-state index in [0.717, 1.165) is 51.6 Å². The van der Waals surface area contributed by atoms with Gasteiger partial charge >= 0.3 is 0 Å². The number of Topliss-reactive ketones (excluding diaryl/α,β-unsaturated/α-hetero) is 1. The molecule has 2 aromatic rings. The number of allylic oxidation sites excluding steroid dienone is 2. The predicted molar refractivity (Wildman–Crippen MR) is 116 cm³/mol. The van der Waals surface area contributed by atoms with Crippen molar-refractivity contribution < 1.29 is 4.79 Å². The summed E-state index contributed by atoms with van der Waals surface area (Å²) >= 11 is 0. The topological polar surface area (TPSA) is 71.6 Å². The van der Waals surface area contributed by atoms with Crippen molar-refractivity contribution in [3.05, 3.63) is 64.3 Å². The second-order valence-corrected chi connectivity index (χ2v) is 9.23. The molecule has 0 unspecified atom stereocenters. The number of carbonyl (C=O) groups excluding carboxylic acids is 1. The van der Waals surface area contributed by atoms with Gasteiger partial charge in [0.05, 0.1) is 23.3 Å². The maximum atomic E-state index is 13.6. The molecule has 1 N–H and O–H groups in total. The second kappa shape index (κ2) is 6.24. The van der Waals surface area contributed by atoms with Crippen molar-refractivity contribution in [1.29, 1.82) is 0 Å². The summed E-state index contributed by atoms with van der Waals surface area (Å²) < 4.78 is 1.91. The molecule has 5 rings (SSSR count). The van der Waals surface area contributed by atoms with Crippen LogP contribution < -0.4 is 5.32 Å². The van der Waals surface area contributed by atoms with E-state index >= 15 is 0 Å². The maximum Gasteiger partial charge on any atom is 0.167 e. The van der Waals surface area contributed by atoms with E-state index in [-0.39, 0.29) is 5.78 Å². The highest BCUT2D eigenvalue weighted by Gasteiger charge is 2.54. The van der Waals surface area contributed by atoms with Gasteiger partial charge in [-0.25, -0.2) is 0 Å². The molecule has 2 aliphatic heterocycles. The summed E-state index contributed by atoms with van der Waals surface area (Å²) in [6, 6.07) is 10.7. The normalized spacial score (nSPS) is 24.4. The molecule has 3 heterocycles. The number of nitrogens with zero attached hydrogens (tertiary/aromatic N) is 4. The Labute approximate surface area is 176 Å². The lowest BCUT2D eigenvalue weighted by molar-refractivity contribution is -0.122. The van der Waals surface area contributed by atoms with Gasteiger partial charge in [-0.3, -0.25) is 9.48 Å². The second-order valence-electron chi connectivity index (χ2n) is 9.23. The average Bonchev–Trinajstić information content (AvgIpc) is 3.37. The van der Waals surface area contributed by atoms with Gasteiger partial charge in [0, 0.05) is 41.3 Å². The molecule has 0 saturated carbocycles. The molecule has 1 aliphatic carbocycles. The van der Waals surface area contributed by atoms with Crippen LogP contribution in [0.1, 0.15) is 44.9 Å². The fraction of sp³-hybridized carbons (Fsp3) is 0.417. The van der Waals surface area contributed by atoms with Crippen LogP contribution in [0.4, 0.5) is 0 Å². The number of aromatic nitrogens is 2. The summed E-state index contributed by atoms with van der Waals surface area (Å²) in [5.41, 5.74) is 6.38. The molecule has 1 aromatic carbocycles. The molecular formula is C24H27N5O. The van der Waals surface area contributed by atoms with E-state index in [9.17, 15) is 4.79 Å². The Morgan fingerprint density at radius 2 is 2.03 bits per heavy atom. The van der Waals surface area contributed by atoms with E-state index in [1.54, 1.807) is 0 Å². The third-order valence-electron chi connectivity index (χ3n) is 6.84. The molecule has 30 heavy (non-hydrogen) atoms. The Hall–Kier alpha value is -3.02. The third-order valence-corrected chi connectivity index (χ3v) is 6.84. The van der Waals surface area contributed by atoms with Crippen LogP contribution in [0.15, 0.2) is 63.2 Å². The highest BCUT2D eigenvalue weighted by atomic mass is 16.1. The summed E-state index contributed by atoms with van der Waals surface area (Å²) in [5.74, 6) is 1.05. The monoisotopic (exact) mass is 401 g/mol. The van der Waals surface area contributed by atoms with E-state index in [4.69, 9.17) is 0 Å². The summed E-state index contributed by atoms with van der Waals surface area (Å²) in [5, 5.41) is 16.7. The number of aryl methyl sites for hydroxylation is 2. The van der Waals surface area contributed by atoms with Gasteiger partial charge < -0.3 is 5.32 Å². The van der Waals surface area contributed by atoms with Gasteiger partial charge in [0.15, 0.2) is 11.6 Å². The number of ketones is 1. The van der Waals surface area contributed by atoms with E-state index in [1.807, 2.05) is 32.5 Å². The van der Waals surface area contributed by atoms with Crippen LogP contribution in [0.3, 0.4) is 0 Å². The zero-order valence-electron chi connectivity index (χ0n) is 18.2. The SMILES string of the molecule is CC[C@@]1(c2cccc(-c3cc(C)nn3C)c2)C2=C(N=NC2)NC2=C1C(=O)C(C)(C)C2. The smallest absolute Gasteiger partial charge is 0.167 e. The number of dihydropyridines is 1. The van der Waals surface area contributed by atoms with Gasteiger partial charge in [0.1, 0.15) is 0 Å². The van der Waals surface area contributed by atoms with Gasteiger partial charge in [-0.1, -0.05) is 39.0 Å². The number of nitrogens with one attached hydrogen (secondary N) is 1. The van der Waals surface area contributed by atoms with Crippen molar-refractivity contribution >= 4 is 5.78 Å². The molecule has 0 saturated heterocycles. The largest absolute Gasteiger partial charge is 0.342 e. The van der Waals surface area contributed by atoms with Crippen LogP contribution in [0.25, 0.3) is 11.3 Å². The molecule has 0 amide bonds. The minimum atomic E-state index is -0.506. The minimum absolute atomic E-state index is 0.229. The highest BCUT2D eigenvalue weighted by molar-refractivity contribution is 6.06. The van der Waals surface area contributed by atoms with Gasteiger partial charge in [-0.2, -0.15) is 10.2 Å². The summed E-state index contributed by atoms with van der Waals surface area (Å²) in [6.45, 7) is 8.77. The minimum Gasteiger partial charge on any atom is -0.342 e. The fourth-order valence-corrected chi connectivity index (χ4v) is 5.43. The Morgan fingerprint density at radius 1 is 1.23 bits per heavy atom. The molecule has 0 fully saturated rings. The number of carbonyl (C=O) groups is 1. The lowest BCUT2D eigenvalue weighted by Crippen LogP contribution is -2.41. The van der Waals surface area contributed by atoms with Crippen molar-refractivity contribution in [2.24, 2.45) is 22.7 Å². The van der Waals surface area contributed by atoms with Crippen LogP contribution in [-0.2, 0) is 17.3 Å². The van der Waals surface area contributed by atoms with Crippen LogP contribution in [0, 0.1) is 12.3 Å². The van der Waals surface area contributed by atoms with Gasteiger partial charge in [0.2, 0.25) is 0 Å². The Morgan fingerprint density at radius 3 is 2.73 bits per heavy atom. The van der Waals surface area contributed by atoms with Crippen LogP contribution in [-0.4, -0.2) is 22.1 Å². The summed E-state index contributed by atoms with van der Waals surface area (Å²) in [6.07, 6.45) is 1.49. The Balaban J connectivity index is 1.74. The standard InChI is InChI=1S/C24H27N5O/c1-6-24(16-9-7-8-15(11-16)19-10-14(2)28-29(19)5)17-13-25-27-22(17)26-18-12-23(3,4)21(30)20(18)24/h7-11,26H,6,12-13H2,1-5H3/t24-/m1/s1. The highest BCUT2D eigenvalue weighted by Crippen LogP contribution is 2.55. The van der Waals surface area contributed by atoms with E-state index in [1.165, 1.54) is 0 Å². The fourth-order valence-electron chi connectivity index (χ4n) is 5.43. The molecule has 0 spiro atoms. The lowest BCUT2D eigenvalue weighted by Gasteiger charge is -2.40. The van der Waals surface area contributed by atoms with Gasteiger partial charge in [0.25, 0.3) is 0 Å². The molecule has 6 heteroatoms. The van der Waals surface area contributed by atoms with Gasteiger partial charge in [-0.15, -0.1) is 5.11 Å². The van der Waals surface area contributed by atoms with Crippen molar-refractivity contribution in [1.82, 2.24) is 15.1 Å². The number of benzene rings is 1. The van der Waals surface area contributed by atoms with Gasteiger partial charge in [-0.05, 0) is 31.0 Å². The Bertz CT molecular complexity index is 1180. The first kappa shape index (κ1) is 19.0. The average molecular weight is 402 g/mol. The first-order chi connectivity index (χ1) is 14.3. The number of azo groups is 1. The van der Waals surface area contributed by atoms with Crippen LogP contribution >= 0.6 is 0 Å². The maximum absolute atomic E-state index is 13.6. The van der Waals surface area contributed by atoms with Crippen molar-refractivity contribution in [2.45, 2.75) is 46.0 Å². The van der Waals surface area contributed by atoms with Crippen molar-refractivity contribution in [3.8, 4) is 11.3 Å². The molecule has 0 radical (unpaired) electrons. The summed E-state index contributed by atoms with van der Waals surface area (Å²) in [4.78, 5) is 13.6. The molecule has 1 atom stereocenters. The zero-order valence-corrected chi connectivity index (χ0v) is 18.2. The molecule has 3 aliphatic rings. The van der Waals surface area contributed by atoms with E-state index < -0.39 is 10.8 Å². The molecule has 154 valence electrons.